The molecule has 1 amide bonds. The van der Waals surface area contributed by atoms with Gasteiger partial charge in [0.25, 0.3) is 5.91 Å². The molecule has 2 aliphatic rings. The number of anilines is 4. The maximum atomic E-state index is 12.6. The second kappa shape index (κ2) is 8.96. The van der Waals surface area contributed by atoms with Crippen LogP contribution in [-0.2, 0) is 18.0 Å². The van der Waals surface area contributed by atoms with Gasteiger partial charge >= 0.3 is 0 Å². The molecule has 0 saturated carbocycles. The van der Waals surface area contributed by atoms with E-state index in [1.807, 2.05) is 55.5 Å². The van der Waals surface area contributed by atoms with Crippen LogP contribution in [0, 0.1) is 6.92 Å². The maximum Gasteiger partial charge on any atom is 0.255 e. The fourth-order valence-corrected chi connectivity index (χ4v) is 4.18. The molecule has 0 unspecified atom stereocenters. The number of hydrogen-bond donors (Lipinski definition) is 2. The molecule has 7 nitrogen and oxygen atoms in total. The third-order valence-electron chi connectivity index (χ3n) is 5.90. The molecule has 0 bridgehead atoms. The molecular weight excluding hydrogens is 402 g/mol. The van der Waals surface area contributed by atoms with Gasteiger partial charge < -0.3 is 20.3 Å². The summed E-state index contributed by atoms with van der Waals surface area (Å²) >= 11 is 0. The lowest BCUT2D eigenvalue weighted by Gasteiger charge is -2.28. The van der Waals surface area contributed by atoms with Gasteiger partial charge in [-0.1, -0.05) is 6.07 Å². The van der Waals surface area contributed by atoms with E-state index < -0.39 is 0 Å². The van der Waals surface area contributed by atoms with E-state index in [1.54, 1.807) is 0 Å². The van der Waals surface area contributed by atoms with Crippen LogP contribution in [0.4, 0.5) is 23.1 Å². The van der Waals surface area contributed by atoms with Gasteiger partial charge in [-0.25, -0.2) is 4.98 Å². The van der Waals surface area contributed by atoms with E-state index in [9.17, 15) is 4.79 Å². The molecule has 3 heterocycles. The second-order valence-electron chi connectivity index (χ2n) is 8.37. The number of aromatic nitrogens is 2. The minimum absolute atomic E-state index is 0.131. The molecule has 1 saturated heterocycles. The Morgan fingerprint density at radius 2 is 1.66 bits per heavy atom. The van der Waals surface area contributed by atoms with Crippen molar-refractivity contribution in [1.29, 1.82) is 0 Å². The molecule has 3 aromatic rings. The highest BCUT2D eigenvalue weighted by molar-refractivity contribution is 6.04. The number of carbonyl (C=O) groups is 1. The Bertz CT molecular complexity index is 1120. The molecule has 1 aromatic heterocycles. The molecule has 164 valence electrons. The number of hydrogen-bond acceptors (Lipinski definition) is 6. The molecule has 2 aromatic carbocycles. The number of nitrogens with one attached hydrogen (secondary N) is 2. The van der Waals surface area contributed by atoms with E-state index in [1.165, 1.54) is 19.3 Å². The number of carbonyl (C=O) groups excluding carboxylic acids is 1. The van der Waals surface area contributed by atoms with Crippen LogP contribution in [0.3, 0.4) is 0 Å². The average molecular weight is 430 g/mol. The van der Waals surface area contributed by atoms with E-state index in [2.05, 4.69) is 20.5 Å². The van der Waals surface area contributed by atoms with Gasteiger partial charge in [-0.3, -0.25) is 4.79 Å². The molecule has 2 N–H and O–H groups in total. The summed E-state index contributed by atoms with van der Waals surface area (Å²) in [6, 6.07) is 15.3. The van der Waals surface area contributed by atoms with Crippen LogP contribution in [0.5, 0.6) is 0 Å². The van der Waals surface area contributed by atoms with E-state index >= 15 is 0 Å². The van der Waals surface area contributed by atoms with Crippen LogP contribution in [0.2, 0.25) is 0 Å². The van der Waals surface area contributed by atoms with Gasteiger partial charge in [0.2, 0.25) is 5.95 Å². The lowest BCUT2D eigenvalue weighted by molar-refractivity contribution is 0.102. The largest absolute Gasteiger partial charge is 0.372 e. The summed E-state index contributed by atoms with van der Waals surface area (Å²) < 4.78 is 5.43. The van der Waals surface area contributed by atoms with Crippen LogP contribution in [0.15, 0.2) is 48.5 Å². The Labute approximate surface area is 187 Å². The fraction of sp³-hybridized carbons (Fsp3) is 0.320. The molecular formula is C25H27N5O2. The van der Waals surface area contributed by atoms with Gasteiger partial charge in [-0.05, 0) is 73.7 Å². The molecule has 1 fully saturated rings. The summed E-state index contributed by atoms with van der Waals surface area (Å²) in [6.07, 6.45) is 3.70. The maximum absolute atomic E-state index is 12.6. The number of aryl methyl sites for hydroxylation is 1. The zero-order valence-electron chi connectivity index (χ0n) is 18.2. The molecule has 0 aliphatic carbocycles. The first-order chi connectivity index (χ1) is 15.6. The van der Waals surface area contributed by atoms with Gasteiger partial charge in [0.15, 0.2) is 0 Å². The molecule has 0 atom stereocenters. The predicted molar refractivity (Wildman–Crippen MR) is 125 cm³/mol. The van der Waals surface area contributed by atoms with E-state index in [0.29, 0.717) is 24.7 Å². The first-order valence-corrected chi connectivity index (χ1v) is 11.1. The van der Waals surface area contributed by atoms with Gasteiger partial charge in [0.1, 0.15) is 5.82 Å². The quantitative estimate of drug-likeness (QED) is 0.606. The van der Waals surface area contributed by atoms with Crippen molar-refractivity contribution in [1.82, 2.24) is 9.97 Å². The Hall–Kier alpha value is -3.45. The second-order valence-corrected chi connectivity index (χ2v) is 8.37. The number of ether oxygens (including phenoxy) is 1. The summed E-state index contributed by atoms with van der Waals surface area (Å²) in [4.78, 5) is 24.2. The monoisotopic (exact) mass is 429 g/mol. The lowest BCUT2D eigenvalue weighted by Crippen LogP contribution is -2.30. The van der Waals surface area contributed by atoms with E-state index in [-0.39, 0.29) is 5.91 Å². The molecule has 2 aliphatic heterocycles. The normalized spacial score (nSPS) is 15.3. The zero-order chi connectivity index (χ0) is 21.9. The zero-order valence-corrected chi connectivity index (χ0v) is 18.2. The van der Waals surface area contributed by atoms with Crippen molar-refractivity contribution in [3.63, 3.8) is 0 Å². The number of rotatable bonds is 5. The fourth-order valence-electron chi connectivity index (χ4n) is 4.18. The van der Waals surface area contributed by atoms with Crippen LogP contribution < -0.4 is 15.5 Å². The summed E-state index contributed by atoms with van der Waals surface area (Å²) in [7, 11) is 0. The van der Waals surface area contributed by atoms with E-state index in [4.69, 9.17) is 9.72 Å². The number of piperidine rings is 1. The van der Waals surface area contributed by atoms with Crippen LogP contribution >= 0.6 is 0 Å². The summed E-state index contributed by atoms with van der Waals surface area (Å²) in [5, 5.41) is 6.25. The van der Waals surface area contributed by atoms with Crippen molar-refractivity contribution < 1.29 is 9.53 Å². The first-order valence-electron chi connectivity index (χ1n) is 11.1. The summed E-state index contributed by atoms with van der Waals surface area (Å²) in [6.45, 7) is 5.26. The van der Waals surface area contributed by atoms with Crippen molar-refractivity contribution in [3.8, 4) is 0 Å². The minimum Gasteiger partial charge on any atom is -0.372 e. The van der Waals surface area contributed by atoms with Crippen molar-refractivity contribution in [3.05, 3.63) is 70.9 Å². The van der Waals surface area contributed by atoms with Gasteiger partial charge in [-0.2, -0.15) is 4.98 Å². The lowest BCUT2D eigenvalue weighted by atomic mass is 10.1. The summed E-state index contributed by atoms with van der Waals surface area (Å²) in [5.74, 6) is 1.43. The van der Waals surface area contributed by atoms with Crippen molar-refractivity contribution in [2.45, 2.75) is 39.4 Å². The first kappa shape index (κ1) is 20.5. The standard InChI is InChI=1S/C25H27N5O2/c1-17-13-23(30-11-3-2-4-12-30)29-25(26-17)28-22-9-7-21(8-10-22)27-24(31)18-5-6-19-15-32-16-20(19)14-18/h5-10,13-14H,2-4,11-12,15-16H2,1H3,(H,27,31)(H,26,28,29). The Balaban J connectivity index is 1.25. The third-order valence-corrected chi connectivity index (χ3v) is 5.90. The van der Waals surface area contributed by atoms with Crippen molar-refractivity contribution >= 4 is 29.0 Å². The molecule has 0 radical (unpaired) electrons. The number of benzene rings is 2. The molecule has 0 spiro atoms. The summed E-state index contributed by atoms with van der Waals surface area (Å²) in [5.41, 5.74) is 5.41. The van der Waals surface area contributed by atoms with Gasteiger partial charge in [0.05, 0.1) is 13.2 Å². The minimum atomic E-state index is -0.131. The van der Waals surface area contributed by atoms with Gasteiger partial charge in [-0.15, -0.1) is 0 Å². The Morgan fingerprint density at radius 1 is 0.906 bits per heavy atom. The Kier molecular flexibility index (Phi) is 5.73. The number of fused-ring (bicyclic) bond motifs is 1. The van der Waals surface area contributed by atoms with Crippen LogP contribution in [-0.4, -0.2) is 29.0 Å². The molecule has 5 rings (SSSR count). The third kappa shape index (κ3) is 4.57. The highest BCUT2D eigenvalue weighted by atomic mass is 16.5. The van der Waals surface area contributed by atoms with Crippen molar-refractivity contribution in [2.75, 3.05) is 28.6 Å². The van der Waals surface area contributed by atoms with E-state index in [0.717, 1.165) is 47.1 Å². The highest BCUT2D eigenvalue weighted by Crippen LogP contribution is 2.24. The SMILES string of the molecule is Cc1cc(N2CCCCC2)nc(Nc2ccc(NC(=O)c3ccc4c(c3)COC4)cc2)n1. The van der Waals surface area contributed by atoms with Crippen molar-refractivity contribution in [2.24, 2.45) is 0 Å². The Morgan fingerprint density at radius 3 is 2.47 bits per heavy atom. The topological polar surface area (TPSA) is 79.4 Å². The highest BCUT2D eigenvalue weighted by Gasteiger charge is 2.15. The molecule has 7 heteroatoms. The average Bonchev–Trinajstić information content (AvgIpc) is 3.28. The smallest absolute Gasteiger partial charge is 0.255 e. The molecule has 32 heavy (non-hydrogen) atoms. The van der Waals surface area contributed by atoms with Crippen LogP contribution in [0.1, 0.15) is 46.4 Å². The number of nitrogens with zero attached hydrogens (tertiary/aromatic N) is 3. The number of amides is 1. The van der Waals surface area contributed by atoms with Crippen LogP contribution in [0.25, 0.3) is 0 Å². The van der Waals surface area contributed by atoms with Gasteiger partial charge in [0, 0.05) is 41.8 Å². The predicted octanol–water partition coefficient (Wildman–Crippen LogP) is 4.80.